The Morgan fingerprint density at radius 2 is 2.00 bits per heavy atom. The first-order valence-electron chi connectivity index (χ1n) is 6.19. The molecule has 0 unspecified atom stereocenters. The van der Waals surface area contributed by atoms with Crippen LogP contribution in [0.1, 0.15) is 25.3 Å². The first kappa shape index (κ1) is 14.1. The predicted molar refractivity (Wildman–Crippen MR) is 73.4 cm³/mol. The Morgan fingerprint density at radius 1 is 1.37 bits per heavy atom. The molecule has 5 heteroatoms. The van der Waals surface area contributed by atoms with E-state index in [0.717, 1.165) is 11.0 Å². The van der Waals surface area contributed by atoms with E-state index >= 15 is 0 Å². The fourth-order valence-corrected chi connectivity index (χ4v) is 3.55. The van der Waals surface area contributed by atoms with Crippen LogP contribution in [0.3, 0.4) is 0 Å². The van der Waals surface area contributed by atoms with Crippen LogP contribution in [0.15, 0.2) is 41.5 Å². The number of sulfone groups is 1. The van der Waals surface area contributed by atoms with Gasteiger partial charge in [-0.2, -0.15) is 0 Å². The first-order chi connectivity index (χ1) is 8.95. The van der Waals surface area contributed by atoms with Gasteiger partial charge in [-0.1, -0.05) is 30.3 Å². The van der Waals surface area contributed by atoms with Crippen LogP contribution in [0, 0.1) is 0 Å². The van der Waals surface area contributed by atoms with Gasteiger partial charge >= 0.3 is 0 Å². The molecule has 19 heavy (non-hydrogen) atoms. The third-order valence-corrected chi connectivity index (χ3v) is 5.60. The van der Waals surface area contributed by atoms with Crippen molar-refractivity contribution in [3.63, 3.8) is 0 Å². The summed E-state index contributed by atoms with van der Waals surface area (Å²) in [6.07, 6.45) is 1.18. The van der Waals surface area contributed by atoms with Gasteiger partial charge in [-0.3, -0.25) is 0 Å². The summed E-state index contributed by atoms with van der Waals surface area (Å²) in [5.41, 5.74) is 1.02. The monoisotopic (exact) mass is 282 g/mol. The lowest BCUT2D eigenvalue weighted by Gasteiger charge is -2.14. The molecule has 2 rings (SSSR count). The molecule has 0 saturated heterocycles. The zero-order valence-corrected chi connectivity index (χ0v) is 11.7. The Bertz CT molecular complexity index is 552. The fourth-order valence-electron chi connectivity index (χ4n) is 1.93. The zero-order chi connectivity index (χ0) is 13.9. The molecule has 0 atom stereocenters. The smallest absolute Gasteiger partial charge is 0.182 e. The van der Waals surface area contributed by atoms with E-state index in [0.29, 0.717) is 19.4 Å². The van der Waals surface area contributed by atoms with Crippen molar-refractivity contribution < 1.29 is 18.3 Å². The molecule has 0 radical (unpaired) electrons. The molecule has 0 bridgehead atoms. The maximum atomic E-state index is 12.1. The minimum absolute atomic E-state index is 0.175. The molecule has 0 heterocycles. The van der Waals surface area contributed by atoms with Crippen molar-refractivity contribution in [1.29, 1.82) is 0 Å². The van der Waals surface area contributed by atoms with Crippen molar-refractivity contribution in [2.45, 2.75) is 31.1 Å². The van der Waals surface area contributed by atoms with Crippen molar-refractivity contribution >= 4 is 9.84 Å². The van der Waals surface area contributed by atoms with Gasteiger partial charge in [0.1, 0.15) is 5.76 Å². The summed E-state index contributed by atoms with van der Waals surface area (Å²) < 4.78 is 28.8. The molecule has 0 spiro atoms. The number of aliphatic hydroxyl groups excluding tert-OH is 1. The largest absolute Gasteiger partial charge is 0.512 e. The maximum Gasteiger partial charge on any atom is 0.182 e. The highest BCUT2D eigenvalue weighted by Gasteiger charge is 2.53. The van der Waals surface area contributed by atoms with Gasteiger partial charge in [0, 0.05) is 0 Å². The molecule has 1 aliphatic carbocycles. The van der Waals surface area contributed by atoms with Crippen LogP contribution in [0.4, 0.5) is 0 Å². The number of benzene rings is 1. The Labute approximate surface area is 113 Å². The van der Waals surface area contributed by atoms with Crippen LogP contribution in [0.5, 0.6) is 0 Å². The third-order valence-electron chi connectivity index (χ3n) is 3.21. The minimum Gasteiger partial charge on any atom is -0.512 e. The van der Waals surface area contributed by atoms with Crippen LogP contribution in [0.25, 0.3) is 0 Å². The van der Waals surface area contributed by atoms with Crippen molar-refractivity contribution in [1.82, 2.24) is 0 Å². The van der Waals surface area contributed by atoms with Gasteiger partial charge < -0.3 is 9.84 Å². The highest BCUT2D eigenvalue weighted by molar-refractivity contribution is 7.96. The minimum atomic E-state index is -3.44. The lowest BCUT2D eigenvalue weighted by Crippen LogP contribution is -2.27. The van der Waals surface area contributed by atoms with Crippen molar-refractivity contribution in [3.05, 3.63) is 47.1 Å². The summed E-state index contributed by atoms with van der Waals surface area (Å²) >= 11 is 0. The third kappa shape index (κ3) is 3.36. The highest BCUT2D eigenvalue weighted by atomic mass is 32.2. The standard InChI is InChI=1S/C14H18O4S/c1-12(15)10-19(16,17)14(7-8-14)11-18-9-13-5-3-2-4-6-13/h2-6,10,15H,7-9,11H2,1H3/b12-10-. The van der Waals surface area contributed by atoms with Crippen molar-refractivity contribution in [2.24, 2.45) is 0 Å². The van der Waals surface area contributed by atoms with E-state index in [1.54, 1.807) is 0 Å². The molecule has 0 aliphatic heterocycles. The van der Waals surface area contributed by atoms with Crippen LogP contribution < -0.4 is 0 Å². The number of rotatable bonds is 6. The molecule has 1 aromatic rings. The van der Waals surface area contributed by atoms with Crippen LogP contribution in [-0.4, -0.2) is 24.9 Å². The lowest BCUT2D eigenvalue weighted by molar-refractivity contribution is 0.116. The molecular formula is C14H18O4S. The molecule has 4 nitrogen and oxygen atoms in total. The molecule has 0 aromatic heterocycles. The second-order valence-electron chi connectivity index (χ2n) is 4.97. The van der Waals surface area contributed by atoms with E-state index in [1.165, 1.54) is 6.92 Å². The predicted octanol–water partition coefficient (Wildman–Crippen LogP) is 2.57. The van der Waals surface area contributed by atoms with Gasteiger partial charge in [-0.15, -0.1) is 0 Å². The van der Waals surface area contributed by atoms with E-state index < -0.39 is 14.6 Å². The van der Waals surface area contributed by atoms with Crippen LogP contribution in [0.2, 0.25) is 0 Å². The van der Waals surface area contributed by atoms with Gasteiger partial charge in [-0.05, 0) is 25.3 Å². The van der Waals surface area contributed by atoms with Crippen molar-refractivity contribution in [3.8, 4) is 0 Å². The quantitative estimate of drug-likeness (QED) is 0.814. The molecule has 1 aromatic carbocycles. The molecule has 1 N–H and O–H groups in total. The summed E-state index contributed by atoms with van der Waals surface area (Å²) in [7, 11) is -3.44. The van der Waals surface area contributed by atoms with Crippen LogP contribution in [-0.2, 0) is 21.2 Å². The molecular weight excluding hydrogens is 264 g/mol. The van der Waals surface area contributed by atoms with E-state index in [2.05, 4.69) is 0 Å². The number of allylic oxidation sites excluding steroid dienone is 1. The summed E-state index contributed by atoms with van der Waals surface area (Å²) in [5.74, 6) is -0.186. The zero-order valence-electron chi connectivity index (χ0n) is 10.9. The van der Waals surface area contributed by atoms with Gasteiger partial charge in [0.05, 0.1) is 23.4 Å². The molecule has 1 saturated carbocycles. The average molecular weight is 282 g/mol. The molecule has 1 aliphatic rings. The van der Waals surface area contributed by atoms with E-state index in [9.17, 15) is 8.42 Å². The topological polar surface area (TPSA) is 63.6 Å². The second kappa shape index (κ2) is 5.35. The summed E-state index contributed by atoms with van der Waals surface area (Å²) in [6.45, 7) is 1.94. The van der Waals surface area contributed by atoms with Crippen LogP contribution >= 0.6 is 0 Å². The fraction of sp³-hybridized carbons (Fsp3) is 0.429. The second-order valence-corrected chi connectivity index (χ2v) is 7.16. The Morgan fingerprint density at radius 3 is 2.53 bits per heavy atom. The summed E-state index contributed by atoms with van der Waals surface area (Å²) in [5, 5.41) is 10.1. The molecule has 0 amide bonds. The van der Waals surface area contributed by atoms with Gasteiger partial charge in [0.25, 0.3) is 0 Å². The summed E-state index contributed by atoms with van der Waals surface area (Å²) in [4.78, 5) is 0. The van der Waals surface area contributed by atoms with Gasteiger partial charge in [0.2, 0.25) is 0 Å². The highest BCUT2D eigenvalue weighted by Crippen LogP contribution is 2.45. The number of hydrogen-bond acceptors (Lipinski definition) is 4. The Balaban J connectivity index is 1.95. The first-order valence-corrected chi connectivity index (χ1v) is 7.73. The van der Waals surface area contributed by atoms with Gasteiger partial charge in [0.15, 0.2) is 9.84 Å². The molecule has 104 valence electrons. The SMILES string of the molecule is C/C(O)=C/S(=O)(=O)C1(COCc2ccccc2)CC1. The van der Waals surface area contributed by atoms with E-state index in [1.807, 2.05) is 30.3 Å². The molecule has 1 fully saturated rings. The normalized spacial score (nSPS) is 18.3. The van der Waals surface area contributed by atoms with E-state index in [4.69, 9.17) is 9.84 Å². The Kier molecular flexibility index (Phi) is 3.96. The Hall–Kier alpha value is -1.33. The van der Waals surface area contributed by atoms with E-state index in [-0.39, 0.29) is 12.4 Å². The number of hydrogen-bond donors (Lipinski definition) is 1. The average Bonchev–Trinajstić information content (AvgIpc) is 3.10. The summed E-state index contributed by atoms with van der Waals surface area (Å²) in [6, 6.07) is 9.63. The lowest BCUT2D eigenvalue weighted by atomic mass is 10.2. The number of aliphatic hydroxyl groups is 1. The number of ether oxygens (including phenoxy) is 1. The van der Waals surface area contributed by atoms with Crippen molar-refractivity contribution in [2.75, 3.05) is 6.61 Å². The maximum absolute atomic E-state index is 12.1. The van der Waals surface area contributed by atoms with Gasteiger partial charge in [-0.25, -0.2) is 8.42 Å².